The summed E-state index contributed by atoms with van der Waals surface area (Å²) in [6.07, 6.45) is 7.72. The topological polar surface area (TPSA) is 55.7 Å². The molecule has 0 fully saturated rings. The number of esters is 1. The van der Waals surface area contributed by atoms with Gasteiger partial charge in [0.2, 0.25) is 0 Å². The smallest absolute Gasteiger partial charge is 0.348 e. The SMILES string of the molecule is CCOC(=O)c1sc(S(C)=NC(=O)c2ccc(Cl)cc2)c2c1CCC=C2. The van der Waals surface area contributed by atoms with Gasteiger partial charge in [0.1, 0.15) is 4.88 Å². The van der Waals surface area contributed by atoms with E-state index in [1.807, 2.05) is 12.3 Å². The molecule has 2 aromatic rings. The fraction of sp³-hybridized carbons (Fsp3) is 0.263. The molecule has 136 valence electrons. The Hall–Kier alpha value is -1.76. The second-order valence-electron chi connectivity index (χ2n) is 5.65. The molecule has 26 heavy (non-hydrogen) atoms. The molecule has 0 bridgehead atoms. The summed E-state index contributed by atoms with van der Waals surface area (Å²) in [4.78, 5) is 25.4. The van der Waals surface area contributed by atoms with Gasteiger partial charge in [0.15, 0.2) is 0 Å². The molecule has 1 amide bonds. The number of carbonyl (C=O) groups is 2. The number of hydrogen-bond acceptors (Lipinski definition) is 4. The van der Waals surface area contributed by atoms with E-state index in [0.29, 0.717) is 22.1 Å². The van der Waals surface area contributed by atoms with Gasteiger partial charge < -0.3 is 4.74 Å². The lowest BCUT2D eigenvalue weighted by Crippen LogP contribution is -2.06. The van der Waals surface area contributed by atoms with Crippen LogP contribution < -0.4 is 0 Å². The molecule has 1 heterocycles. The summed E-state index contributed by atoms with van der Waals surface area (Å²) < 4.78 is 10.5. The molecule has 0 aliphatic heterocycles. The zero-order valence-electron chi connectivity index (χ0n) is 14.5. The molecular weight excluding hydrogens is 390 g/mol. The van der Waals surface area contributed by atoms with Crippen LogP contribution in [0, 0.1) is 0 Å². The Morgan fingerprint density at radius 2 is 2.04 bits per heavy atom. The number of carbonyl (C=O) groups excluding carboxylic acids is 2. The predicted molar refractivity (Wildman–Crippen MR) is 107 cm³/mol. The Morgan fingerprint density at radius 1 is 1.31 bits per heavy atom. The van der Waals surface area contributed by atoms with Gasteiger partial charge in [0.25, 0.3) is 5.91 Å². The van der Waals surface area contributed by atoms with Crippen molar-refractivity contribution in [2.75, 3.05) is 12.9 Å². The van der Waals surface area contributed by atoms with Gasteiger partial charge in [0.05, 0.1) is 10.8 Å². The van der Waals surface area contributed by atoms with Crippen LogP contribution in [0.1, 0.15) is 44.5 Å². The third-order valence-electron chi connectivity index (χ3n) is 3.90. The van der Waals surface area contributed by atoms with E-state index in [-0.39, 0.29) is 11.9 Å². The highest BCUT2D eigenvalue weighted by molar-refractivity contribution is 7.89. The van der Waals surface area contributed by atoms with Gasteiger partial charge in [-0.05, 0) is 55.9 Å². The molecule has 0 N–H and O–H groups in total. The largest absolute Gasteiger partial charge is 0.462 e. The number of ether oxygens (including phenoxy) is 1. The summed E-state index contributed by atoms with van der Waals surface area (Å²) in [5.74, 6) is -0.580. The molecule has 1 aromatic heterocycles. The van der Waals surface area contributed by atoms with Crippen molar-refractivity contribution in [3.8, 4) is 0 Å². The van der Waals surface area contributed by atoms with E-state index in [1.165, 1.54) is 11.3 Å². The maximum Gasteiger partial charge on any atom is 0.348 e. The summed E-state index contributed by atoms with van der Waals surface area (Å²) in [6, 6.07) is 6.68. The van der Waals surface area contributed by atoms with E-state index in [0.717, 1.165) is 28.2 Å². The van der Waals surface area contributed by atoms with E-state index >= 15 is 0 Å². The lowest BCUT2D eigenvalue weighted by molar-refractivity contribution is 0.0530. The summed E-state index contributed by atoms with van der Waals surface area (Å²) in [5, 5.41) is 0.577. The van der Waals surface area contributed by atoms with Crippen molar-refractivity contribution < 1.29 is 14.3 Å². The minimum atomic E-state index is -0.656. The maximum atomic E-state index is 12.4. The van der Waals surface area contributed by atoms with Crippen LogP contribution in [0.15, 0.2) is 38.9 Å². The van der Waals surface area contributed by atoms with Crippen LogP contribution in [0.5, 0.6) is 0 Å². The Kier molecular flexibility index (Phi) is 6.06. The number of benzene rings is 1. The first-order valence-corrected chi connectivity index (χ1v) is 11.0. The number of hydrogen-bond donors (Lipinski definition) is 0. The highest BCUT2D eigenvalue weighted by Gasteiger charge is 2.24. The number of allylic oxidation sites excluding steroid dienone is 1. The van der Waals surface area contributed by atoms with Gasteiger partial charge in [-0.15, -0.1) is 11.3 Å². The molecule has 1 unspecified atom stereocenters. The summed E-state index contributed by atoms with van der Waals surface area (Å²) in [7, 11) is -0.656. The van der Waals surface area contributed by atoms with Crippen molar-refractivity contribution in [3.63, 3.8) is 0 Å². The first-order valence-electron chi connectivity index (χ1n) is 8.18. The Bertz CT molecular complexity index is 914. The van der Waals surface area contributed by atoms with Gasteiger partial charge in [-0.25, -0.2) is 4.79 Å². The van der Waals surface area contributed by atoms with Crippen molar-refractivity contribution in [2.45, 2.75) is 24.0 Å². The number of thiophene rings is 1. The minimum Gasteiger partial charge on any atom is -0.462 e. The summed E-state index contributed by atoms with van der Waals surface area (Å²) in [6.45, 7) is 2.14. The number of halogens is 1. The van der Waals surface area contributed by atoms with E-state index in [1.54, 1.807) is 31.2 Å². The van der Waals surface area contributed by atoms with Crippen molar-refractivity contribution in [2.24, 2.45) is 4.36 Å². The molecule has 1 aromatic carbocycles. The molecule has 1 atom stereocenters. The molecule has 0 saturated heterocycles. The Balaban J connectivity index is 1.98. The molecule has 0 spiro atoms. The van der Waals surface area contributed by atoms with Gasteiger partial charge >= 0.3 is 5.97 Å². The van der Waals surface area contributed by atoms with Crippen LogP contribution in [0.3, 0.4) is 0 Å². The molecule has 7 heteroatoms. The van der Waals surface area contributed by atoms with Crippen LogP contribution in [0.25, 0.3) is 6.08 Å². The first-order chi connectivity index (χ1) is 12.5. The molecule has 0 saturated carbocycles. The van der Waals surface area contributed by atoms with Crippen LogP contribution in [-0.4, -0.2) is 24.7 Å². The molecule has 4 nitrogen and oxygen atoms in total. The average molecular weight is 408 g/mol. The van der Waals surface area contributed by atoms with Crippen molar-refractivity contribution in [1.82, 2.24) is 0 Å². The van der Waals surface area contributed by atoms with Crippen molar-refractivity contribution >= 4 is 51.6 Å². The Labute approximate surface area is 163 Å². The molecule has 3 rings (SSSR count). The second kappa shape index (κ2) is 8.29. The third kappa shape index (κ3) is 3.98. The van der Waals surface area contributed by atoms with Crippen LogP contribution in [0.4, 0.5) is 0 Å². The van der Waals surface area contributed by atoms with E-state index < -0.39 is 10.7 Å². The lowest BCUT2D eigenvalue weighted by atomic mass is 10.00. The van der Waals surface area contributed by atoms with Gasteiger partial charge in [-0.3, -0.25) is 4.79 Å². The zero-order valence-corrected chi connectivity index (χ0v) is 16.8. The number of amides is 1. The fourth-order valence-electron chi connectivity index (χ4n) is 2.69. The van der Waals surface area contributed by atoms with Gasteiger partial charge in [-0.2, -0.15) is 4.36 Å². The van der Waals surface area contributed by atoms with Gasteiger partial charge in [0, 0.05) is 16.1 Å². The fourth-order valence-corrected chi connectivity index (χ4v) is 5.57. The molecule has 1 aliphatic rings. The normalized spacial score (nSPS) is 14.1. The van der Waals surface area contributed by atoms with Crippen LogP contribution in [-0.2, 0) is 21.8 Å². The van der Waals surface area contributed by atoms with E-state index in [9.17, 15) is 9.59 Å². The Morgan fingerprint density at radius 3 is 2.73 bits per heavy atom. The van der Waals surface area contributed by atoms with E-state index in [2.05, 4.69) is 10.4 Å². The minimum absolute atomic E-state index is 0.285. The van der Waals surface area contributed by atoms with Crippen molar-refractivity contribution in [1.29, 1.82) is 0 Å². The average Bonchev–Trinajstić information content (AvgIpc) is 3.02. The quantitative estimate of drug-likeness (QED) is 0.657. The molecule has 0 radical (unpaired) electrons. The zero-order chi connectivity index (χ0) is 18.7. The third-order valence-corrected chi connectivity index (χ3v) is 7.34. The lowest BCUT2D eigenvalue weighted by Gasteiger charge is -2.08. The highest BCUT2D eigenvalue weighted by atomic mass is 35.5. The number of fused-ring (bicyclic) bond motifs is 1. The number of rotatable bonds is 4. The summed E-state index contributed by atoms with van der Waals surface area (Å²) >= 11 is 7.26. The predicted octanol–water partition coefficient (Wildman–Crippen LogP) is 5.17. The first kappa shape index (κ1) is 19.0. The molecule has 1 aliphatic carbocycles. The highest BCUT2D eigenvalue weighted by Crippen LogP contribution is 2.36. The van der Waals surface area contributed by atoms with Crippen LogP contribution >= 0.6 is 22.9 Å². The molecular formula is C19H18ClNO3S2. The van der Waals surface area contributed by atoms with Crippen molar-refractivity contribution in [3.05, 3.63) is 56.9 Å². The summed E-state index contributed by atoms with van der Waals surface area (Å²) in [5.41, 5.74) is 2.53. The maximum absolute atomic E-state index is 12.4. The van der Waals surface area contributed by atoms with Crippen LogP contribution in [0.2, 0.25) is 5.02 Å². The van der Waals surface area contributed by atoms with Gasteiger partial charge in [-0.1, -0.05) is 34.4 Å². The standard InChI is InChI=1S/C19H18ClNO3S2/c1-3-24-18(23)16-14-6-4-5-7-15(14)19(25-16)26(2)21-17(22)12-8-10-13(20)11-9-12/h5,7-11H,3-4,6H2,1-2H3. The van der Waals surface area contributed by atoms with E-state index in [4.69, 9.17) is 16.3 Å². The monoisotopic (exact) mass is 407 g/mol. The second-order valence-corrected chi connectivity index (χ2v) is 8.92. The number of nitrogens with zero attached hydrogens (tertiary/aromatic N) is 1.